The van der Waals surface area contributed by atoms with Crippen molar-refractivity contribution in [2.75, 3.05) is 26.4 Å². The van der Waals surface area contributed by atoms with Gasteiger partial charge in [0, 0.05) is 19.4 Å². The second-order valence-corrected chi connectivity index (χ2v) is 26.2. The molecule has 0 aromatic rings. The fraction of sp³-hybridized carbons (Fsp3) is 0.586. The van der Waals surface area contributed by atoms with Crippen molar-refractivity contribution in [2.24, 2.45) is 5.73 Å². The first-order valence-electron chi connectivity index (χ1n) is 38.6. The molecule has 0 aliphatic heterocycles. The average molecular weight is 1360 g/mol. The van der Waals surface area contributed by atoms with Gasteiger partial charge in [0.05, 0.1) is 13.2 Å². The third-order valence-electron chi connectivity index (χ3n) is 15.7. The predicted octanol–water partition coefficient (Wildman–Crippen LogP) is 26.2. The van der Waals surface area contributed by atoms with E-state index in [-0.39, 0.29) is 38.6 Å². The molecule has 0 aromatic heterocycles. The van der Waals surface area contributed by atoms with Crippen LogP contribution in [0.2, 0.25) is 0 Å². The second-order valence-electron chi connectivity index (χ2n) is 24.8. The van der Waals surface area contributed by atoms with Crippen molar-refractivity contribution >= 4 is 19.8 Å². The Hall–Kier alpha value is -5.41. The fourth-order valence-electron chi connectivity index (χ4n) is 10.1. The molecule has 0 saturated carbocycles. The van der Waals surface area contributed by atoms with Crippen LogP contribution >= 0.6 is 7.82 Å². The Morgan fingerprint density at radius 3 is 0.794 bits per heavy atom. The molecular formula is C87H140NO8P. The molecule has 0 fully saturated rings. The minimum absolute atomic E-state index is 0.0424. The van der Waals surface area contributed by atoms with Gasteiger partial charge in [-0.2, -0.15) is 0 Å². The monoisotopic (exact) mass is 1360 g/mol. The van der Waals surface area contributed by atoms with Crippen LogP contribution in [0.3, 0.4) is 0 Å². The zero-order chi connectivity index (χ0) is 70.0. The molecule has 0 spiro atoms. The van der Waals surface area contributed by atoms with Crippen molar-refractivity contribution in [1.82, 2.24) is 0 Å². The number of phosphoric acid groups is 1. The minimum atomic E-state index is -4.41. The summed E-state index contributed by atoms with van der Waals surface area (Å²) in [6.45, 7) is 3.50. The first-order valence-corrected chi connectivity index (χ1v) is 40.1. The largest absolute Gasteiger partial charge is 0.472 e. The van der Waals surface area contributed by atoms with E-state index >= 15 is 0 Å². The average Bonchev–Trinajstić information content (AvgIpc) is 2.57. The molecule has 546 valence electrons. The van der Waals surface area contributed by atoms with Gasteiger partial charge < -0.3 is 20.1 Å². The molecule has 0 saturated heterocycles. The number of carbonyl (C=O) groups is 2. The molecule has 9 nitrogen and oxygen atoms in total. The third-order valence-corrected chi connectivity index (χ3v) is 16.6. The molecule has 0 amide bonds. The van der Waals surface area contributed by atoms with Crippen molar-refractivity contribution in [3.63, 3.8) is 0 Å². The number of esters is 2. The van der Waals surface area contributed by atoms with Gasteiger partial charge in [-0.1, -0.05) is 342 Å². The van der Waals surface area contributed by atoms with Gasteiger partial charge in [-0.15, -0.1) is 0 Å². The Labute approximate surface area is 595 Å². The smallest absolute Gasteiger partial charge is 0.462 e. The van der Waals surface area contributed by atoms with Gasteiger partial charge in [0.15, 0.2) is 6.10 Å². The number of rotatable bonds is 70. The predicted molar refractivity (Wildman–Crippen MR) is 421 cm³/mol. The number of hydrogen-bond acceptors (Lipinski definition) is 8. The number of nitrogens with two attached hydrogens (primary N) is 1. The SMILES string of the molecule is CC/C=C\C/C=C\C/C=C\C/C=C\C/C=C\C/C=C\C/C=C\C/C=C\C/C=C\C/C=C\C/C=C\CCCCCCCCCC(=O)OC(COC(=O)CCCCCCCCCCCCCCCCCC/C=C\C/C=C\C/C=C\C/C=C\C/C=C\C/C=C\CC)COP(=O)(O)OCCN. The zero-order valence-electron chi connectivity index (χ0n) is 61.5. The van der Waals surface area contributed by atoms with Crippen LogP contribution in [0.25, 0.3) is 0 Å². The first-order chi connectivity index (χ1) is 47.8. The van der Waals surface area contributed by atoms with E-state index in [1.807, 2.05) is 0 Å². The number of unbranched alkanes of at least 4 members (excludes halogenated alkanes) is 23. The summed E-state index contributed by atoms with van der Waals surface area (Å²) in [5.74, 6) is -0.847. The van der Waals surface area contributed by atoms with Gasteiger partial charge in [-0.05, 0) is 148 Å². The first kappa shape index (κ1) is 91.6. The summed E-state index contributed by atoms with van der Waals surface area (Å²) < 4.78 is 33.2. The number of hydrogen-bond donors (Lipinski definition) is 2. The molecule has 10 heteroatoms. The van der Waals surface area contributed by atoms with Gasteiger partial charge in [0.25, 0.3) is 0 Å². The third kappa shape index (κ3) is 79.5. The van der Waals surface area contributed by atoms with E-state index in [9.17, 15) is 19.0 Å². The van der Waals surface area contributed by atoms with E-state index in [1.165, 1.54) is 103 Å². The van der Waals surface area contributed by atoms with Crippen molar-refractivity contribution in [2.45, 2.75) is 302 Å². The maximum atomic E-state index is 12.8. The number of ether oxygens (including phenoxy) is 2. The van der Waals surface area contributed by atoms with Crippen LogP contribution in [0.4, 0.5) is 0 Å². The summed E-state index contributed by atoms with van der Waals surface area (Å²) in [5.41, 5.74) is 5.41. The molecule has 0 radical (unpaired) electrons. The van der Waals surface area contributed by atoms with Crippen LogP contribution < -0.4 is 5.73 Å². The van der Waals surface area contributed by atoms with Crippen molar-refractivity contribution in [1.29, 1.82) is 0 Å². The molecule has 97 heavy (non-hydrogen) atoms. The van der Waals surface area contributed by atoms with Crippen molar-refractivity contribution in [3.8, 4) is 0 Å². The van der Waals surface area contributed by atoms with E-state index in [2.05, 4.69) is 220 Å². The summed E-state index contributed by atoms with van der Waals surface area (Å²) in [6.07, 6.45) is 122. The molecule has 0 aliphatic rings. The summed E-state index contributed by atoms with van der Waals surface area (Å²) in [6, 6.07) is 0. The summed E-state index contributed by atoms with van der Waals surface area (Å²) in [5, 5.41) is 0. The zero-order valence-corrected chi connectivity index (χ0v) is 62.4. The fourth-order valence-corrected chi connectivity index (χ4v) is 10.8. The minimum Gasteiger partial charge on any atom is -0.462 e. The number of allylic oxidation sites excluding steroid dienone is 34. The second kappa shape index (κ2) is 79.6. The Kier molecular flexibility index (Phi) is 75.1. The van der Waals surface area contributed by atoms with E-state index in [4.69, 9.17) is 24.3 Å². The molecule has 2 unspecified atom stereocenters. The maximum absolute atomic E-state index is 12.8. The van der Waals surface area contributed by atoms with E-state index in [0.717, 1.165) is 161 Å². The normalized spacial score (nSPS) is 14.1. The highest BCUT2D eigenvalue weighted by molar-refractivity contribution is 7.47. The topological polar surface area (TPSA) is 134 Å². The Morgan fingerprint density at radius 1 is 0.309 bits per heavy atom. The molecule has 0 rings (SSSR count). The van der Waals surface area contributed by atoms with Crippen molar-refractivity contribution in [3.05, 3.63) is 207 Å². The highest BCUT2D eigenvalue weighted by Crippen LogP contribution is 2.43. The van der Waals surface area contributed by atoms with E-state index in [1.54, 1.807) is 0 Å². The van der Waals surface area contributed by atoms with Gasteiger partial charge >= 0.3 is 19.8 Å². The number of carbonyl (C=O) groups excluding carboxylic acids is 2. The van der Waals surface area contributed by atoms with Gasteiger partial charge in [0.1, 0.15) is 6.61 Å². The Morgan fingerprint density at radius 2 is 0.536 bits per heavy atom. The van der Waals surface area contributed by atoms with E-state index in [0.29, 0.717) is 6.42 Å². The van der Waals surface area contributed by atoms with Crippen LogP contribution in [-0.2, 0) is 32.7 Å². The maximum Gasteiger partial charge on any atom is 0.472 e. The van der Waals surface area contributed by atoms with Gasteiger partial charge in [-0.25, -0.2) is 4.57 Å². The lowest BCUT2D eigenvalue weighted by molar-refractivity contribution is -0.161. The molecular weight excluding hydrogens is 1220 g/mol. The molecule has 0 aliphatic carbocycles. The lowest BCUT2D eigenvalue weighted by atomic mass is 10.0. The van der Waals surface area contributed by atoms with Crippen LogP contribution in [0.5, 0.6) is 0 Å². The summed E-state index contributed by atoms with van der Waals surface area (Å²) >= 11 is 0. The molecule has 0 bridgehead atoms. The summed E-state index contributed by atoms with van der Waals surface area (Å²) in [7, 11) is -4.41. The molecule has 0 heterocycles. The Balaban J connectivity index is 3.95. The standard InChI is InChI=1S/C87H140NO8P/c1-3-5-7-9-11-13-15-17-19-21-23-25-27-29-31-33-35-37-39-40-41-42-43-44-46-48-50-52-54-56-58-60-62-64-66-68-70-72-74-76-78-80-87(90)96-85(84-95-97(91,92)94-82-81-88)83-93-86(89)79-77-75-73-71-69-67-65-63-61-59-57-55-53-51-49-47-45-38-36-34-32-30-28-26-24-22-20-18-16-14-12-10-8-6-4-2/h5-8,11-14,17-20,23-26,29-32,35-38,40-41,43-44,48,50,54,56,60,62,85H,3-4,9-10,15-16,21-22,27-28,33-34,39,42,45-47,49,51-53,55,57-59,61,63-84,88H2,1-2H3,(H,91,92)/b7-5-,8-6-,13-11-,14-12-,19-17-,20-18-,25-23-,26-24-,31-29-,32-30-,37-35-,38-36-,41-40-,44-43-,50-48-,56-54-,62-60-. The van der Waals surface area contributed by atoms with Crippen LogP contribution in [-0.4, -0.2) is 49.3 Å². The van der Waals surface area contributed by atoms with Gasteiger partial charge in [-0.3, -0.25) is 18.6 Å². The lowest BCUT2D eigenvalue weighted by Crippen LogP contribution is -2.29. The highest BCUT2D eigenvalue weighted by atomic mass is 31.2. The quantitative estimate of drug-likeness (QED) is 0.0264. The van der Waals surface area contributed by atoms with Crippen molar-refractivity contribution < 1.29 is 37.6 Å². The van der Waals surface area contributed by atoms with Gasteiger partial charge in [0.2, 0.25) is 0 Å². The number of phosphoric ester groups is 1. The van der Waals surface area contributed by atoms with Crippen LogP contribution in [0.15, 0.2) is 207 Å². The highest BCUT2D eigenvalue weighted by Gasteiger charge is 2.26. The molecule has 2 atom stereocenters. The summed E-state index contributed by atoms with van der Waals surface area (Å²) in [4.78, 5) is 35.4. The Bertz CT molecular complexity index is 2350. The van der Waals surface area contributed by atoms with Crippen LogP contribution in [0, 0.1) is 0 Å². The molecule has 3 N–H and O–H groups in total. The van der Waals surface area contributed by atoms with Crippen LogP contribution in [0.1, 0.15) is 296 Å². The molecule has 0 aromatic carbocycles. The van der Waals surface area contributed by atoms with E-state index < -0.39 is 26.5 Å². The lowest BCUT2D eigenvalue weighted by Gasteiger charge is -2.19.